The normalized spacial score (nSPS) is 16.6. The van der Waals surface area contributed by atoms with E-state index in [1.165, 1.54) is 0 Å². The molecule has 0 bridgehead atoms. The zero-order valence-corrected chi connectivity index (χ0v) is 12.5. The quantitative estimate of drug-likeness (QED) is 0.906. The third kappa shape index (κ3) is 2.53. The SMILES string of the molecule is CC(C)(C)C1CN(c2cc(Br)ccc2C(=O)O)C1. The molecule has 3 nitrogen and oxygen atoms in total. The molecule has 1 aliphatic heterocycles. The maximum absolute atomic E-state index is 11.2. The Bertz CT molecular complexity index is 473. The summed E-state index contributed by atoms with van der Waals surface area (Å²) < 4.78 is 0.918. The van der Waals surface area contributed by atoms with Crippen LogP contribution < -0.4 is 4.90 Å². The van der Waals surface area contributed by atoms with Gasteiger partial charge in [0.05, 0.1) is 11.3 Å². The van der Waals surface area contributed by atoms with Crippen molar-refractivity contribution in [3.05, 3.63) is 28.2 Å². The molecule has 0 aliphatic carbocycles. The Hall–Kier alpha value is -1.03. The van der Waals surface area contributed by atoms with Crippen LogP contribution in [0.3, 0.4) is 0 Å². The van der Waals surface area contributed by atoms with Crippen LogP contribution in [0.15, 0.2) is 22.7 Å². The number of carboxylic acids is 1. The molecule has 0 atom stereocenters. The lowest BCUT2D eigenvalue weighted by molar-refractivity contribution is 0.0697. The van der Waals surface area contributed by atoms with Crippen molar-refractivity contribution in [2.75, 3.05) is 18.0 Å². The van der Waals surface area contributed by atoms with Crippen LogP contribution in [0, 0.1) is 11.3 Å². The van der Waals surface area contributed by atoms with Crippen molar-refractivity contribution < 1.29 is 9.90 Å². The molecule has 0 radical (unpaired) electrons. The lowest BCUT2D eigenvalue weighted by Gasteiger charge is -2.48. The second kappa shape index (κ2) is 4.57. The van der Waals surface area contributed by atoms with E-state index in [1.807, 2.05) is 6.07 Å². The number of rotatable bonds is 2. The van der Waals surface area contributed by atoms with Crippen LogP contribution in [0.5, 0.6) is 0 Å². The Kier molecular flexibility index (Phi) is 3.41. The van der Waals surface area contributed by atoms with Crippen LogP contribution >= 0.6 is 15.9 Å². The van der Waals surface area contributed by atoms with Crippen LogP contribution in [0.4, 0.5) is 5.69 Å². The Labute approximate surface area is 116 Å². The fourth-order valence-electron chi connectivity index (χ4n) is 2.17. The molecule has 2 rings (SSSR count). The first kappa shape index (κ1) is 13.4. The molecule has 0 saturated carbocycles. The maximum Gasteiger partial charge on any atom is 0.337 e. The number of halogens is 1. The summed E-state index contributed by atoms with van der Waals surface area (Å²) in [5.41, 5.74) is 1.48. The highest BCUT2D eigenvalue weighted by Gasteiger charge is 2.37. The van der Waals surface area contributed by atoms with Gasteiger partial charge in [0, 0.05) is 17.6 Å². The van der Waals surface area contributed by atoms with E-state index in [0.29, 0.717) is 11.5 Å². The Morgan fingerprint density at radius 1 is 1.39 bits per heavy atom. The molecule has 1 saturated heterocycles. The Balaban J connectivity index is 2.21. The minimum Gasteiger partial charge on any atom is -0.478 e. The van der Waals surface area contributed by atoms with Gasteiger partial charge in [-0.1, -0.05) is 36.7 Å². The lowest BCUT2D eigenvalue weighted by atomic mass is 9.75. The third-order valence-corrected chi connectivity index (χ3v) is 4.13. The topological polar surface area (TPSA) is 40.5 Å². The molecule has 18 heavy (non-hydrogen) atoms. The van der Waals surface area contributed by atoms with Gasteiger partial charge in [0.2, 0.25) is 0 Å². The molecular formula is C14H18BrNO2. The highest BCUT2D eigenvalue weighted by Crippen LogP contribution is 2.38. The van der Waals surface area contributed by atoms with Crippen molar-refractivity contribution in [2.24, 2.45) is 11.3 Å². The van der Waals surface area contributed by atoms with Crippen molar-refractivity contribution >= 4 is 27.6 Å². The van der Waals surface area contributed by atoms with Gasteiger partial charge in [0.25, 0.3) is 0 Å². The number of carbonyl (C=O) groups is 1. The van der Waals surface area contributed by atoms with Gasteiger partial charge >= 0.3 is 5.97 Å². The zero-order chi connectivity index (χ0) is 13.5. The lowest BCUT2D eigenvalue weighted by Crippen LogP contribution is -2.52. The number of nitrogens with zero attached hydrogens (tertiary/aromatic N) is 1. The first-order chi connectivity index (χ1) is 8.29. The van der Waals surface area contributed by atoms with Crippen LogP contribution in [0.1, 0.15) is 31.1 Å². The highest BCUT2D eigenvalue weighted by molar-refractivity contribution is 9.10. The first-order valence-electron chi connectivity index (χ1n) is 6.07. The van der Waals surface area contributed by atoms with Crippen molar-refractivity contribution in [3.8, 4) is 0 Å². The molecule has 1 N–H and O–H groups in total. The smallest absolute Gasteiger partial charge is 0.337 e. The summed E-state index contributed by atoms with van der Waals surface area (Å²) in [5.74, 6) is -0.241. The van der Waals surface area contributed by atoms with Crippen LogP contribution in [0.2, 0.25) is 0 Å². The number of anilines is 1. The summed E-state index contributed by atoms with van der Waals surface area (Å²) in [4.78, 5) is 13.4. The van der Waals surface area contributed by atoms with E-state index in [2.05, 4.69) is 41.6 Å². The molecule has 98 valence electrons. The average molecular weight is 312 g/mol. The van der Waals surface area contributed by atoms with E-state index in [0.717, 1.165) is 23.2 Å². The average Bonchev–Trinajstić information content (AvgIpc) is 2.12. The van der Waals surface area contributed by atoms with E-state index in [4.69, 9.17) is 0 Å². The second-order valence-corrected chi connectivity index (χ2v) is 6.85. The van der Waals surface area contributed by atoms with Gasteiger partial charge in [-0.2, -0.15) is 0 Å². The third-order valence-electron chi connectivity index (χ3n) is 3.64. The van der Waals surface area contributed by atoms with Gasteiger partial charge in [-0.15, -0.1) is 0 Å². The second-order valence-electron chi connectivity index (χ2n) is 5.93. The molecule has 1 heterocycles. The van der Waals surface area contributed by atoms with Crippen LogP contribution in [0.25, 0.3) is 0 Å². The Morgan fingerprint density at radius 2 is 2.00 bits per heavy atom. The fraction of sp³-hybridized carbons (Fsp3) is 0.500. The van der Waals surface area contributed by atoms with Crippen molar-refractivity contribution in [1.29, 1.82) is 0 Å². The number of hydrogen-bond donors (Lipinski definition) is 1. The zero-order valence-electron chi connectivity index (χ0n) is 10.9. The minimum absolute atomic E-state index is 0.284. The standard InChI is InChI=1S/C14H18BrNO2/c1-14(2,3)9-7-16(8-9)12-6-10(15)4-5-11(12)13(17)18/h4-6,9H,7-8H2,1-3H3,(H,17,18). The predicted octanol–water partition coefficient (Wildman–Crippen LogP) is 3.63. The van der Waals surface area contributed by atoms with Crippen molar-refractivity contribution in [1.82, 2.24) is 0 Å². The van der Waals surface area contributed by atoms with Crippen molar-refractivity contribution in [2.45, 2.75) is 20.8 Å². The minimum atomic E-state index is -0.864. The molecule has 1 fully saturated rings. The van der Waals surface area contributed by atoms with E-state index >= 15 is 0 Å². The number of carboxylic acid groups (broad SMARTS) is 1. The van der Waals surface area contributed by atoms with Gasteiger partial charge in [0.1, 0.15) is 0 Å². The molecule has 1 aliphatic rings. The van der Waals surface area contributed by atoms with Crippen LogP contribution in [-0.4, -0.2) is 24.2 Å². The molecule has 1 aromatic carbocycles. The molecule has 0 amide bonds. The van der Waals surface area contributed by atoms with Gasteiger partial charge in [-0.05, 0) is 29.5 Å². The van der Waals surface area contributed by atoms with Crippen molar-refractivity contribution in [3.63, 3.8) is 0 Å². The molecule has 1 aromatic rings. The number of benzene rings is 1. The first-order valence-corrected chi connectivity index (χ1v) is 6.86. The maximum atomic E-state index is 11.2. The predicted molar refractivity (Wildman–Crippen MR) is 76.3 cm³/mol. The molecule has 0 aromatic heterocycles. The monoisotopic (exact) mass is 311 g/mol. The summed E-state index contributed by atoms with van der Waals surface area (Å²) in [6, 6.07) is 5.32. The summed E-state index contributed by atoms with van der Waals surface area (Å²) in [6.07, 6.45) is 0. The van der Waals surface area contributed by atoms with Gasteiger partial charge in [0.15, 0.2) is 0 Å². The van der Waals surface area contributed by atoms with E-state index in [9.17, 15) is 9.90 Å². The molecule has 4 heteroatoms. The summed E-state index contributed by atoms with van der Waals surface area (Å²) >= 11 is 3.40. The molecular weight excluding hydrogens is 294 g/mol. The van der Waals surface area contributed by atoms with Gasteiger partial charge < -0.3 is 10.0 Å². The number of aromatic carboxylic acids is 1. The summed E-state index contributed by atoms with van der Waals surface area (Å²) in [6.45, 7) is 8.55. The summed E-state index contributed by atoms with van der Waals surface area (Å²) in [5, 5.41) is 9.21. The van der Waals surface area contributed by atoms with E-state index < -0.39 is 5.97 Å². The Morgan fingerprint density at radius 3 is 2.50 bits per heavy atom. The van der Waals surface area contributed by atoms with Crippen LogP contribution in [-0.2, 0) is 0 Å². The molecule has 0 spiro atoms. The van der Waals surface area contributed by atoms with E-state index in [1.54, 1.807) is 12.1 Å². The van der Waals surface area contributed by atoms with Gasteiger partial charge in [-0.3, -0.25) is 0 Å². The summed E-state index contributed by atoms with van der Waals surface area (Å²) in [7, 11) is 0. The highest BCUT2D eigenvalue weighted by atomic mass is 79.9. The largest absolute Gasteiger partial charge is 0.478 e. The molecule has 0 unspecified atom stereocenters. The van der Waals surface area contributed by atoms with E-state index in [-0.39, 0.29) is 5.41 Å². The van der Waals surface area contributed by atoms with Gasteiger partial charge in [-0.25, -0.2) is 4.79 Å². The number of hydrogen-bond acceptors (Lipinski definition) is 2. The fourth-order valence-corrected chi connectivity index (χ4v) is 2.52.